The molecule has 0 aliphatic carbocycles. The van der Waals surface area contributed by atoms with E-state index in [2.05, 4.69) is 13.0 Å². The van der Waals surface area contributed by atoms with Crippen molar-refractivity contribution in [2.45, 2.75) is 20.0 Å². The van der Waals surface area contributed by atoms with Crippen LogP contribution in [0.5, 0.6) is 0 Å². The van der Waals surface area contributed by atoms with Crippen LogP contribution in [0.25, 0.3) is 0 Å². The van der Waals surface area contributed by atoms with E-state index < -0.39 is 0 Å². The van der Waals surface area contributed by atoms with Crippen molar-refractivity contribution in [1.29, 1.82) is 0 Å². The van der Waals surface area contributed by atoms with Crippen LogP contribution in [-0.2, 0) is 13.1 Å². The number of nitrogens with zero attached hydrogens (tertiary/aromatic N) is 1. The molecular weight excluding hydrogens is 239 g/mol. The molecule has 0 heterocycles. The first-order valence-corrected chi connectivity index (χ1v) is 6.36. The summed E-state index contributed by atoms with van der Waals surface area (Å²) in [6.45, 7) is 2.82. The Morgan fingerprint density at radius 1 is 1.05 bits per heavy atom. The number of benzene rings is 2. The minimum absolute atomic E-state index is 0.189. The lowest BCUT2D eigenvalue weighted by Crippen LogP contribution is -2.18. The molecule has 0 bridgehead atoms. The minimum Gasteiger partial charge on any atom is -0.370 e. The highest BCUT2D eigenvalue weighted by atomic mass is 19.1. The Labute approximate surface area is 113 Å². The maximum atomic E-state index is 14.1. The summed E-state index contributed by atoms with van der Waals surface area (Å²) in [6.07, 6.45) is 0. The van der Waals surface area contributed by atoms with Gasteiger partial charge in [0.1, 0.15) is 5.82 Å². The second-order valence-corrected chi connectivity index (χ2v) is 4.74. The van der Waals surface area contributed by atoms with Crippen molar-refractivity contribution >= 4 is 5.69 Å². The normalized spacial score (nSPS) is 10.5. The third kappa shape index (κ3) is 2.93. The Hall–Kier alpha value is -1.87. The van der Waals surface area contributed by atoms with Crippen LogP contribution >= 0.6 is 0 Å². The van der Waals surface area contributed by atoms with Gasteiger partial charge in [0.2, 0.25) is 0 Å². The smallest absolute Gasteiger partial charge is 0.132 e. The summed E-state index contributed by atoms with van der Waals surface area (Å²) >= 11 is 0. The van der Waals surface area contributed by atoms with Crippen LogP contribution in [0, 0.1) is 12.7 Å². The largest absolute Gasteiger partial charge is 0.370 e. The lowest BCUT2D eigenvalue weighted by Gasteiger charge is -2.22. The SMILES string of the molecule is Cc1ccccc1N(C)Cc1cccc(CN)c1F. The second kappa shape index (κ2) is 5.85. The van der Waals surface area contributed by atoms with Crippen LogP contribution in [0.1, 0.15) is 16.7 Å². The summed E-state index contributed by atoms with van der Waals surface area (Å²) in [5, 5.41) is 0. The number of hydrogen-bond acceptors (Lipinski definition) is 2. The Kier molecular flexibility index (Phi) is 4.17. The average Bonchev–Trinajstić information content (AvgIpc) is 2.41. The Morgan fingerprint density at radius 2 is 1.74 bits per heavy atom. The van der Waals surface area contributed by atoms with E-state index in [1.54, 1.807) is 6.07 Å². The molecule has 0 spiro atoms. The summed E-state index contributed by atoms with van der Waals surface area (Å²) < 4.78 is 14.1. The quantitative estimate of drug-likeness (QED) is 0.912. The van der Waals surface area contributed by atoms with Crippen LogP contribution in [0.4, 0.5) is 10.1 Å². The van der Waals surface area contributed by atoms with E-state index in [0.29, 0.717) is 17.7 Å². The van der Waals surface area contributed by atoms with Gasteiger partial charge in [-0.3, -0.25) is 0 Å². The first kappa shape index (κ1) is 13.6. The summed E-state index contributed by atoms with van der Waals surface area (Å²) in [4.78, 5) is 2.05. The molecule has 2 aromatic carbocycles. The third-order valence-electron chi connectivity index (χ3n) is 3.31. The van der Waals surface area contributed by atoms with Crippen LogP contribution in [0.15, 0.2) is 42.5 Å². The molecule has 19 heavy (non-hydrogen) atoms. The Balaban J connectivity index is 2.24. The topological polar surface area (TPSA) is 29.3 Å². The van der Waals surface area contributed by atoms with Crippen molar-refractivity contribution in [2.75, 3.05) is 11.9 Å². The number of nitrogens with two attached hydrogens (primary N) is 1. The molecule has 0 aliphatic rings. The van der Waals surface area contributed by atoms with Crippen molar-refractivity contribution in [1.82, 2.24) is 0 Å². The van der Waals surface area contributed by atoms with Gasteiger partial charge >= 0.3 is 0 Å². The molecular formula is C16H19FN2. The number of hydrogen-bond donors (Lipinski definition) is 1. The average molecular weight is 258 g/mol. The monoisotopic (exact) mass is 258 g/mol. The summed E-state index contributed by atoms with van der Waals surface area (Å²) in [5.74, 6) is -0.189. The zero-order valence-electron chi connectivity index (χ0n) is 11.4. The number of para-hydroxylation sites is 1. The summed E-state index contributed by atoms with van der Waals surface area (Å²) in [6, 6.07) is 13.5. The lowest BCUT2D eigenvalue weighted by molar-refractivity contribution is 0.591. The van der Waals surface area contributed by atoms with E-state index in [1.807, 2.05) is 42.3 Å². The highest BCUT2D eigenvalue weighted by Gasteiger charge is 2.10. The molecule has 100 valence electrons. The minimum atomic E-state index is -0.189. The molecule has 0 saturated carbocycles. The van der Waals surface area contributed by atoms with Crippen LogP contribution < -0.4 is 10.6 Å². The highest BCUT2D eigenvalue weighted by Crippen LogP contribution is 2.21. The van der Waals surface area contributed by atoms with E-state index in [1.165, 1.54) is 5.56 Å². The lowest BCUT2D eigenvalue weighted by atomic mass is 10.1. The molecule has 0 aromatic heterocycles. The fourth-order valence-corrected chi connectivity index (χ4v) is 2.25. The molecule has 0 atom stereocenters. The van der Waals surface area contributed by atoms with Gasteiger partial charge in [0.05, 0.1) is 0 Å². The van der Waals surface area contributed by atoms with Crippen LogP contribution in [0.3, 0.4) is 0 Å². The number of rotatable bonds is 4. The number of anilines is 1. The Morgan fingerprint density at radius 3 is 2.42 bits per heavy atom. The van der Waals surface area contributed by atoms with Crippen molar-refractivity contribution in [3.8, 4) is 0 Å². The summed E-state index contributed by atoms with van der Waals surface area (Å²) in [5.41, 5.74) is 9.06. The molecule has 0 fully saturated rings. The van der Waals surface area contributed by atoms with Crippen LogP contribution in [0.2, 0.25) is 0 Å². The highest BCUT2D eigenvalue weighted by molar-refractivity contribution is 5.52. The predicted octanol–water partition coefficient (Wildman–Crippen LogP) is 3.23. The maximum Gasteiger partial charge on any atom is 0.132 e. The van der Waals surface area contributed by atoms with Gasteiger partial charge in [0, 0.05) is 37.0 Å². The zero-order chi connectivity index (χ0) is 13.8. The maximum absolute atomic E-state index is 14.1. The van der Waals surface area contributed by atoms with Crippen molar-refractivity contribution in [3.63, 3.8) is 0 Å². The van der Waals surface area contributed by atoms with Gasteiger partial charge in [-0.25, -0.2) is 4.39 Å². The van der Waals surface area contributed by atoms with E-state index in [0.717, 1.165) is 5.69 Å². The van der Waals surface area contributed by atoms with Gasteiger partial charge in [0.15, 0.2) is 0 Å². The molecule has 0 aliphatic heterocycles. The van der Waals surface area contributed by atoms with Gasteiger partial charge in [-0.15, -0.1) is 0 Å². The number of halogens is 1. The molecule has 0 unspecified atom stereocenters. The Bertz CT molecular complexity index is 566. The van der Waals surface area contributed by atoms with Gasteiger partial charge in [0.25, 0.3) is 0 Å². The molecule has 2 nitrogen and oxygen atoms in total. The fourth-order valence-electron chi connectivity index (χ4n) is 2.25. The van der Waals surface area contributed by atoms with E-state index in [9.17, 15) is 4.39 Å². The molecule has 2 N–H and O–H groups in total. The zero-order valence-corrected chi connectivity index (χ0v) is 11.4. The van der Waals surface area contributed by atoms with E-state index in [-0.39, 0.29) is 12.4 Å². The summed E-state index contributed by atoms with van der Waals surface area (Å²) in [7, 11) is 1.97. The van der Waals surface area contributed by atoms with Crippen molar-refractivity contribution in [2.24, 2.45) is 5.73 Å². The van der Waals surface area contributed by atoms with Crippen LogP contribution in [-0.4, -0.2) is 7.05 Å². The van der Waals surface area contributed by atoms with Gasteiger partial charge in [-0.2, -0.15) is 0 Å². The van der Waals surface area contributed by atoms with Crippen molar-refractivity contribution in [3.05, 3.63) is 65.0 Å². The fraction of sp³-hybridized carbons (Fsp3) is 0.250. The second-order valence-electron chi connectivity index (χ2n) is 4.74. The molecule has 3 heteroatoms. The van der Waals surface area contributed by atoms with Gasteiger partial charge < -0.3 is 10.6 Å². The molecule has 0 saturated heterocycles. The molecule has 0 amide bonds. The van der Waals surface area contributed by atoms with Crippen molar-refractivity contribution < 1.29 is 4.39 Å². The number of aryl methyl sites for hydroxylation is 1. The predicted molar refractivity (Wildman–Crippen MR) is 77.6 cm³/mol. The van der Waals surface area contributed by atoms with Gasteiger partial charge in [-0.05, 0) is 18.6 Å². The first-order chi connectivity index (χ1) is 9.13. The standard InChI is InChI=1S/C16H19FN2/c1-12-6-3-4-9-15(12)19(2)11-14-8-5-7-13(10-18)16(14)17/h3-9H,10-11,18H2,1-2H3. The molecule has 2 rings (SSSR count). The van der Waals surface area contributed by atoms with E-state index >= 15 is 0 Å². The molecule has 0 radical (unpaired) electrons. The van der Waals surface area contributed by atoms with E-state index in [4.69, 9.17) is 5.73 Å². The van der Waals surface area contributed by atoms with Gasteiger partial charge in [-0.1, -0.05) is 36.4 Å². The third-order valence-corrected chi connectivity index (χ3v) is 3.31. The molecule has 2 aromatic rings. The first-order valence-electron chi connectivity index (χ1n) is 6.36.